The molecule has 0 amide bonds. The van der Waals surface area contributed by atoms with E-state index in [9.17, 15) is 0 Å². The van der Waals surface area contributed by atoms with Gasteiger partial charge in [0.05, 0.1) is 7.11 Å². The highest BCUT2D eigenvalue weighted by molar-refractivity contribution is 8.01. The van der Waals surface area contributed by atoms with E-state index in [1.165, 1.54) is 41.7 Å². The van der Waals surface area contributed by atoms with Gasteiger partial charge in [0.1, 0.15) is 5.75 Å². The summed E-state index contributed by atoms with van der Waals surface area (Å²) in [6.45, 7) is 0. The van der Waals surface area contributed by atoms with Crippen LogP contribution in [0.15, 0.2) is 95.9 Å². The largest absolute Gasteiger partial charge is 0.497 e. The van der Waals surface area contributed by atoms with Crippen molar-refractivity contribution in [1.29, 1.82) is 0 Å². The molecule has 4 rings (SSSR count). The van der Waals surface area contributed by atoms with Crippen molar-refractivity contribution in [3.63, 3.8) is 0 Å². The minimum Gasteiger partial charge on any atom is -0.497 e. The number of hydrogen-bond donors (Lipinski definition) is 0. The first-order valence-corrected chi connectivity index (χ1v) is 11.7. The van der Waals surface area contributed by atoms with Crippen LogP contribution in [0.3, 0.4) is 0 Å². The molecule has 0 saturated heterocycles. The molecule has 30 heavy (non-hydrogen) atoms. The van der Waals surface area contributed by atoms with Gasteiger partial charge in [-0.2, -0.15) is 0 Å². The summed E-state index contributed by atoms with van der Waals surface area (Å²) in [5, 5.41) is 0. The maximum atomic E-state index is 5.22. The molecular weight excluding hydrogens is 384 g/mol. The lowest BCUT2D eigenvalue weighted by molar-refractivity contribution is 0.415. The molecule has 2 atom stereocenters. The van der Waals surface area contributed by atoms with Crippen LogP contribution in [0.1, 0.15) is 36.8 Å². The average molecular weight is 415 g/mol. The molecule has 0 N–H and O–H groups in total. The van der Waals surface area contributed by atoms with E-state index in [1.54, 1.807) is 7.11 Å². The van der Waals surface area contributed by atoms with Crippen LogP contribution in [-0.4, -0.2) is 11.9 Å². The number of rotatable bonds is 10. The van der Waals surface area contributed by atoms with E-state index in [0.29, 0.717) is 4.75 Å². The van der Waals surface area contributed by atoms with Gasteiger partial charge in [-0.15, -0.1) is 11.8 Å². The number of hydrogen-bond acceptors (Lipinski definition) is 2. The second kappa shape index (κ2) is 10.0. The molecule has 1 nitrogen and oxygen atoms in total. The molecule has 0 unspecified atom stereocenters. The highest BCUT2D eigenvalue weighted by atomic mass is 32.2. The summed E-state index contributed by atoms with van der Waals surface area (Å²) in [6, 6.07) is 30.2. The van der Waals surface area contributed by atoms with Crippen molar-refractivity contribution in [2.24, 2.45) is 5.92 Å². The fourth-order valence-corrected chi connectivity index (χ4v) is 5.75. The van der Waals surface area contributed by atoms with Crippen molar-refractivity contribution in [2.75, 3.05) is 7.11 Å². The second-order valence-corrected chi connectivity index (χ2v) is 9.64. The van der Waals surface area contributed by atoms with E-state index in [0.717, 1.165) is 18.1 Å². The monoisotopic (exact) mass is 414 g/mol. The molecular formula is C28H30OS. The molecule has 1 aliphatic rings. The van der Waals surface area contributed by atoms with Gasteiger partial charge in [-0.1, -0.05) is 72.8 Å². The van der Waals surface area contributed by atoms with Crippen molar-refractivity contribution in [1.82, 2.24) is 0 Å². The number of methoxy groups -OCH3 is 1. The summed E-state index contributed by atoms with van der Waals surface area (Å²) in [5.41, 5.74) is 2.70. The van der Waals surface area contributed by atoms with Gasteiger partial charge in [-0.3, -0.25) is 0 Å². The second-order valence-electron chi connectivity index (χ2n) is 8.15. The molecule has 154 valence electrons. The number of benzene rings is 3. The number of thioether (sulfide) groups is 1. The molecule has 3 aromatic carbocycles. The Labute approximate surface area is 185 Å². The molecule has 1 aliphatic carbocycles. The third kappa shape index (κ3) is 5.58. The molecule has 0 heterocycles. The van der Waals surface area contributed by atoms with Gasteiger partial charge in [-0.05, 0) is 73.4 Å². The maximum absolute atomic E-state index is 5.22. The van der Waals surface area contributed by atoms with E-state index >= 15 is 0 Å². The molecule has 1 saturated carbocycles. The minimum absolute atomic E-state index is 0.363. The molecule has 0 aliphatic heterocycles. The minimum atomic E-state index is 0.363. The topological polar surface area (TPSA) is 9.23 Å². The Morgan fingerprint density at radius 2 is 1.63 bits per heavy atom. The lowest BCUT2D eigenvalue weighted by Crippen LogP contribution is -2.11. The van der Waals surface area contributed by atoms with Gasteiger partial charge in [0.15, 0.2) is 0 Å². The van der Waals surface area contributed by atoms with E-state index in [-0.39, 0.29) is 0 Å². The van der Waals surface area contributed by atoms with E-state index in [4.69, 9.17) is 4.74 Å². The quantitative estimate of drug-likeness (QED) is 0.315. The summed E-state index contributed by atoms with van der Waals surface area (Å²) >= 11 is 2.09. The van der Waals surface area contributed by atoms with Crippen molar-refractivity contribution >= 4 is 17.8 Å². The van der Waals surface area contributed by atoms with Crippen LogP contribution in [0, 0.1) is 5.92 Å². The number of unbranched alkanes of at least 4 members (excludes halogenated alkanes) is 1. The zero-order valence-corrected chi connectivity index (χ0v) is 18.5. The number of ether oxygens (including phenoxy) is 1. The van der Waals surface area contributed by atoms with Crippen LogP contribution in [0.25, 0.3) is 6.08 Å². The van der Waals surface area contributed by atoms with Crippen LogP contribution in [0.5, 0.6) is 5.75 Å². The van der Waals surface area contributed by atoms with Crippen molar-refractivity contribution in [3.05, 3.63) is 102 Å². The number of allylic oxidation sites excluding steroid dienone is 1. The van der Waals surface area contributed by atoms with Gasteiger partial charge >= 0.3 is 0 Å². The zero-order valence-electron chi connectivity index (χ0n) is 17.7. The van der Waals surface area contributed by atoms with Crippen LogP contribution >= 0.6 is 11.8 Å². The molecule has 0 bridgehead atoms. The Morgan fingerprint density at radius 1 is 0.933 bits per heavy atom. The molecule has 0 spiro atoms. The predicted octanol–water partition coefficient (Wildman–Crippen LogP) is 7.67. The lowest BCUT2D eigenvalue weighted by atomic mass is 10.0. The van der Waals surface area contributed by atoms with Crippen LogP contribution in [0.4, 0.5) is 0 Å². The van der Waals surface area contributed by atoms with Gasteiger partial charge in [0, 0.05) is 9.64 Å². The SMILES string of the molecule is COc1ccc(/C=C/CCC[C@@H]2C[C@]2(Cc2ccccc2)Sc2ccccc2)cc1. The normalized spacial score (nSPS) is 20.4. The molecule has 1 fully saturated rings. The van der Waals surface area contributed by atoms with E-state index in [1.807, 2.05) is 12.1 Å². The van der Waals surface area contributed by atoms with E-state index in [2.05, 4.69) is 96.7 Å². The third-order valence-electron chi connectivity index (χ3n) is 5.94. The van der Waals surface area contributed by atoms with Gasteiger partial charge < -0.3 is 4.74 Å². The standard InChI is InChI=1S/C28H30OS/c1-29-26-19-17-23(18-20-26)11-5-3-8-14-25-22-28(25,21-24-12-6-2-7-13-24)30-27-15-9-4-10-16-27/h2,4-7,9-13,15-20,25H,3,8,14,21-22H2,1H3/b11-5+/t25-,28+/m1/s1. The summed E-state index contributed by atoms with van der Waals surface area (Å²) in [7, 11) is 1.70. The fourth-order valence-electron chi connectivity index (χ4n) is 4.18. The maximum Gasteiger partial charge on any atom is 0.118 e. The van der Waals surface area contributed by atoms with E-state index < -0.39 is 0 Å². The first-order valence-electron chi connectivity index (χ1n) is 10.9. The predicted molar refractivity (Wildman–Crippen MR) is 129 cm³/mol. The first kappa shape index (κ1) is 20.8. The molecule has 2 heteroatoms. The van der Waals surface area contributed by atoms with Gasteiger partial charge in [0.25, 0.3) is 0 Å². The first-order chi connectivity index (χ1) is 14.8. The lowest BCUT2D eigenvalue weighted by Gasteiger charge is -2.18. The third-order valence-corrected chi connectivity index (χ3v) is 7.49. The highest BCUT2D eigenvalue weighted by Crippen LogP contribution is 2.60. The van der Waals surface area contributed by atoms with Crippen molar-refractivity contribution in [3.8, 4) is 5.75 Å². The Balaban J connectivity index is 1.31. The van der Waals surface area contributed by atoms with Gasteiger partial charge in [-0.25, -0.2) is 0 Å². The highest BCUT2D eigenvalue weighted by Gasteiger charge is 2.53. The Hall–Kier alpha value is -2.45. The van der Waals surface area contributed by atoms with Crippen LogP contribution < -0.4 is 4.74 Å². The fraction of sp³-hybridized carbons (Fsp3) is 0.286. The molecule has 0 aromatic heterocycles. The van der Waals surface area contributed by atoms with Crippen molar-refractivity contribution in [2.45, 2.75) is 41.7 Å². The Morgan fingerprint density at radius 3 is 2.33 bits per heavy atom. The molecule has 3 aromatic rings. The molecule has 0 radical (unpaired) electrons. The average Bonchev–Trinajstić information content (AvgIpc) is 3.46. The van der Waals surface area contributed by atoms with Crippen LogP contribution in [-0.2, 0) is 6.42 Å². The van der Waals surface area contributed by atoms with Crippen molar-refractivity contribution < 1.29 is 4.74 Å². The summed E-state index contributed by atoms with van der Waals surface area (Å²) in [4.78, 5) is 1.40. The Kier molecular flexibility index (Phi) is 6.96. The van der Waals surface area contributed by atoms with Crippen LogP contribution in [0.2, 0.25) is 0 Å². The Bertz CT molecular complexity index is 890. The summed E-state index contributed by atoms with van der Waals surface area (Å²) in [5.74, 6) is 1.71. The van der Waals surface area contributed by atoms with Gasteiger partial charge in [0.2, 0.25) is 0 Å². The summed E-state index contributed by atoms with van der Waals surface area (Å²) < 4.78 is 5.59. The zero-order chi connectivity index (χ0) is 20.7. The summed E-state index contributed by atoms with van der Waals surface area (Å²) in [6.07, 6.45) is 10.7. The smallest absolute Gasteiger partial charge is 0.118 e.